The molecule has 5 heteroatoms. The summed E-state index contributed by atoms with van der Waals surface area (Å²) < 4.78 is 2.15. The van der Waals surface area contributed by atoms with Crippen LogP contribution in [0.25, 0.3) is 10.2 Å². The molecular weight excluding hydrogens is 324 g/mol. The Balaban J connectivity index is 1.89. The third-order valence-corrected chi connectivity index (χ3v) is 7.21. The van der Waals surface area contributed by atoms with E-state index in [2.05, 4.69) is 11.6 Å². The minimum Gasteiger partial charge on any atom is -0.323 e. The van der Waals surface area contributed by atoms with Gasteiger partial charge in [-0.1, -0.05) is 25.3 Å². The van der Waals surface area contributed by atoms with Crippen LogP contribution in [-0.4, -0.2) is 9.55 Å². The predicted molar refractivity (Wildman–Crippen MR) is 99.0 cm³/mol. The molecule has 0 atom stereocenters. The van der Waals surface area contributed by atoms with Crippen molar-refractivity contribution in [2.45, 2.75) is 57.9 Å². The van der Waals surface area contributed by atoms with E-state index < -0.39 is 0 Å². The average molecular weight is 347 g/mol. The number of hydrogen-bond acceptors (Lipinski definition) is 3. The smallest absolute Gasteiger partial charge is 0.263 e. The van der Waals surface area contributed by atoms with Gasteiger partial charge in [0.2, 0.25) is 0 Å². The first-order chi connectivity index (χ1) is 11.1. The van der Waals surface area contributed by atoms with Crippen LogP contribution in [0, 0.1) is 10.2 Å². The van der Waals surface area contributed by atoms with Crippen LogP contribution in [-0.2, 0) is 19.4 Å². The van der Waals surface area contributed by atoms with E-state index in [-0.39, 0.29) is 5.56 Å². The largest absolute Gasteiger partial charge is 0.323 e. The number of rotatable bonds is 2. The van der Waals surface area contributed by atoms with Crippen LogP contribution in [0.2, 0.25) is 0 Å². The number of aromatic amines is 1. The molecule has 0 radical (unpaired) electrons. The fourth-order valence-electron chi connectivity index (χ4n) is 4.47. The predicted octanol–water partition coefficient (Wildman–Crippen LogP) is 4.75. The Morgan fingerprint density at radius 3 is 2.83 bits per heavy atom. The molecular formula is C18H22N2OS2. The minimum absolute atomic E-state index is 0.0639. The van der Waals surface area contributed by atoms with E-state index in [1.807, 2.05) is 0 Å². The van der Waals surface area contributed by atoms with E-state index in [9.17, 15) is 4.79 Å². The lowest BCUT2D eigenvalue weighted by Crippen LogP contribution is -2.31. The quantitative estimate of drug-likeness (QED) is 0.630. The first kappa shape index (κ1) is 15.3. The van der Waals surface area contributed by atoms with Crippen LogP contribution in [0.5, 0.6) is 0 Å². The highest BCUT2D eigenvalue weighted by Gasteiger charge is 2.37. The number of nitrogens with one attached hydrogen (secondary N) is 1. The Bertz CT molecular complexity index is 881. The van der Waals surface area contributed by atoms with Gasteiger partial charge in [-0.3, -0.25) is 9.36 Å². The summed E-state index contributed by atoms with van der Waals surface area (Å²) >= 11 is 7.10. The summed E-state index contributed by atoms with van der Waals surface area (Å²) in [4.78, 5) is 18.6. The van der Waals surface area contributed by atoms with Crippen LogP contribution in [0.1, 0.15) is 49.0 Å². The Labute approximate surface area is 145 Å². The third kappa shape index (κ3) is 2.45. The number of fused-ring (bicyclic) bond motifs is 3. The molecule has 0 aliphatic heterocycles. The lowest BCUT2D eigenvalue weighted by molar-refractivity contribution is 0.164. The van der Waals surface area contributed by atoms with Crippen molar-refractivity contribution in [3.05, 3.63) is 38.2 Å². The summed E-state index contributed by atoms with van der Waals surface area (Å²) in [5.41, 5.74) is 1.82. The molecule has 2 aliphatic carbocycles. The molecule has 1 spiro atoms. The van der Waals surface area contributed by atoms with Crippen LogP contribution >= 0.6 is 23.6 Å². The minimum atomic E-state index is 0.0639. The molecule has 2 aliphatic rings. The van der Waals surface area contributed by atoms with E-state index in [1.165, 1.54) is 49.0 Å². The zero-order chi connectivity index (χ0) is 16.0. The monoisotopic (exact) mass is 346 g/mol. The van der Waals surface area contributed by atoms with Crippen LogP contribution in [0.4, 0.5) is 0 Å². The van der Waals surface area contributed by atoms with Gasteiger partial charge in [-0.25, -0.2) is 0 Å². The van der Waals surface area contributed by atoms with Crippen LogP contribution in [0.3, 0.4) is 0 Å². The van der Waals surface area contributed by atoms with Gasteiger partial charge in [0.05, 0.1) is 5.39 Å². The van der Waals surface area contributed by atoms with Crippen LogP contribution in [0.15, 0.2) is 17.4 Å². The molecule has 0 unspecified atom stereocenters. The van der Waals surface area contributed by atoms with Gasteiger partial charge in [0.25, 0.3) is 5.56 Å². The lowest BCUT2D eigenvalue weighted by Gasteiger charge is -2.40. The Hall–Kier alpha value is -1.20. The summed E-state index contributed by atoms with van der Waals surface area (Å²) in [5.74, 6) is 0. The molecule has 1 N–H and O–H groups in total. The van der Waals surface area contributed by atoms with Gasteiger partial charge in [0, 0.05) is 11.4 Å². The molecule has 2 heterocycles. The number of aromatic nitrogens is 2. The Morgan fingerprint density at radius 2 is 2.09 bits per heavy atom. The molecule has 0 bridgehead atoms. The second-order valence-electron chi connectivity index (χ2n) is 7.08. The molecule has 122 valence electrons. The average Bonchev–Trinajstić information content (AvgIpc) is 2.89. The zero-order valence-electron chi connectivity index (χ0n) is 13.3. The van der Waals surface area contributed by atoms with Crippen molar-refractivity contribution < 1.29 is 0 Å². The summed E-state index contributed by atoms with van der Waals surface area (Å²) in [6.45, 7) is 4.22. The van der Waals surface area contributed by atoms with Gasteiger partial charge >= 0.3 is 0 Å². The molecule has 2 aromatic heterocycles. The number of allylic oxidation sites excluding steroid dienone is 1. The van der Waals surface area contributed by atoms with Gasteiger partial charge in [-0.2, -0.15) is 0 Å². The Kier molecular flexibility index (Phi) is 3.81. The normalized spacial score (nSPS) is 19.8. The van der Waals surface area contributed by atoms with Crippen molar-refractivity contribution in [3.63, 3.8) is 0 Å². The highest BCUT2D eigenvalue weighted by atomic mass is 32.1. The van der Waals surface area contributed by atoms with E-state index in [0.29, 0.717) is 16.7 Å². The van der Waals surface area contributed by atoms with Crippen molar-refractivity contribution in [2.24, 2.45) is 5.41 Å². The van der Waals surface area contributed by atoms with E-state index in [4.69, 9.17) is 12.2 Å². The van der Waals surface area contributed by atoms with Gasteiger partial charge in [0.15, 0.2) is 4.77 Å². The third-order valence-electron chi connectivity index (χ3n) is 5.68. The zero-order valence-corrected chi connectivity index (χ0v) is 15.0. The number of thiophene rings is 1. The molecule has 0 amide bonds. The molecule has 1 fully saturated rings. The maximum atomic E-state index is 13.0. The second kappa shape index (κ2) is 5.71. The SMILES string of the molecule is C=CCn1c(=S)[nH]c2sc3c(c2c1=O)CC1(CCCCC1)CC3. The summed E-state index contributed by atoms with van der Waals surface area (Å²) in [6, 6.07) is 0. The Morgan fingerprint density at radius 1 is 1.30 bits per heavy atom. The first-order valence-electron chi connectivity index (χ1n) is 8.52. The topological polar surface area (TPSA) is 37.8 Å². The summed E-state index contributed by atoms with van der Waals surface area (Å²) in [5, 5.41) is 0.894. The van der Waals surface area contributed by atoms with E-state index in [0.717, 1.165) is 23.1 Å². The van der Waals surface area contributed by atoms with Gasteiger partial charge < -0.3 is 4.98 Å². The molecule has 1 saturated carbocycles. The first-order valence-corrected chi connectivity index (χ1v) is 9.74. The molecule has 0 saturated heterocycles. The molecule has 0 aromatic carbocycles. The number of hydrogen-bond donors (Lipinski definition) is 1. The maximum Gasteiger partial charge on any atom is 0.263 e. The molecule has 23 heavy (non-hydrogen) atoms. The molecule has 3 nitrogen and oxygen atoms in total. The fraction of sp³-hybridized carbons (Fsp3) is 0.556. The summed E-state index contributed by atoms with van der Waals surface area (Å²) in [7, 11) is 0. The van der Waals surface area contributed by atoms with Crippen molar-refractivity contribution in [2.75, 3.05) is 0 Å². The van der Waals surface area contributed by atoms with Crippen molar-refractivity contribution in [1.29, 1.82) is 0 Å². The summed E-state index contributed by atoms with van der Waals surface area (Å²) in [6.07, 6.45) is 11.9. The van der Waals surface area contributed by atoms with Crippen molar-refractivity contribution in [3.8, 4) is 0 Å². The maximum absolute atomic E-state index is 13.0. The second-order valence-corrected chi connectivity index (χ2v) is 8.57. The van der Waals surface area contributed by atoms with E-state index in [1.54, 1.807) is 22.0 Å². The van der Waals surface area contributed by atoms with Gasteiger partial charge in [-0.05, 0) is 55.3 Å². The van der Waals surface area contributed by atoms with Gasteiger partial charge in [-0.15, -0.1) is 17.9 Å². The van der Waals surface area contributed by atoms with E-state index >= 15 is 0 Å². The number of nitrogens with zero attached hydrogens (tertiary/aromatic N) is 1. The van der Waals surface area contributed by atoms with Crippen molar-refractivity contribution in [1.82, 2.24) is 9.55 Å². The standard InChI is InChI=1S/C18H22N2OS2/c1-2-10-20-16(21)14-12-11-18(7-4-3-5-8-18)9-6-13(12)23-15(14)19-17(20)22/h2H,1,3-11H2,(H,19,22). The fourth-order valence-corrected chi connectivity index (χ4v) is 6.01. The lowest BCUT2D eigenvalue weighted by atomic mass is 9.65. The molecule has 2 aromatic rings. The number of aryl methyl sites for hydroxylation is 1. The van der Waals surface area contributed by atoms with Crippen LogP contribution < -0.4 is 5.56 Å². The highest BCUT2D eigenvalue weighted by molar-refractivity contribution is 7.71. The van der Waals surface area contributed by atoms with Gasteiger partial charge in [0.1, 0.15) is 4.83 Å². The number of H-pyrrole nitrogens is 1. The van der Waals surface area contributed by atoms with Crippen molar-refractivity contribution >= 4 is 33.8 Å². The highest BCUT2D eigenvalue weighted by Crippen LogP contribution is 2.49. The molecule has 4 rings (SSSR count).